The molecule has 3 aromatic carbocycles. The predicted molar refractivity (Wildman–Crippen MR) is 136 cm³/mol. The molecule has 0 spiro atoms. The van der Waals surface area contributed by atoms with Crippen LogP contribution in [0.5, 0.6) is 0 Å². The fourth-order valence-corrected chi connectivity index (χ4v) is 4.10. The number of carbonyl (C=O) groups excluding carboxylic acids is 2. The normalized spacial score (nSPS) is 12.8. The van der Waals surface area contributed by atoms with Crippen LogP contribution in [0.15, 0.2) is 66.7 Å². The number of anilines is 3. The van der Waals surface area contributed by atoms with Crippen molar-refractivity contribution < 1.29 is 14.5 Å². The van der Waals surface area contributed by atoms with Crippen molar-refractivity contribution in [1.29, 1.82) is 0 Å². The van der Waals surface area contributed by atoms with Crippen LogP contribution in [0.4, 0.5) is 27.5 Å². The fourth-order valence-electron chi connectivity index (χ4n) is 4.10. The number of nitrogens with one attached hydrogen (secondary N) is 3. The van der Waals surface area contributed by atoms with Crippen LogP contribution in [0, 0.1) is 17.0 Å². The Morgan fingerprint density at radius 3 is 2.31 bits per heavy atom. The van der Waals surface area contributed by atoms with E-state index >= 15 is 0 Å². The average molecular weight is 474 g/mol. The number of hydrogen-bond acceptors (Lipinski definition) is 5. The van der Waals surface area contributed by atoms with E-state index in [0.717, 1.165) is 37.1 Å². The third kappa shape index (κ3) is 6.14. The molecule has 0 aliphatic carbocycles. The highest BCUT2D eigenvalue weighted by Gasteiger charge is 2.23. The lowest BCUT2D eigenvalue weighted by molar-refractivity contribution is -0.384. The summed E-state index contributed by atoms with van der Waals surface area (Å²) >= 11 is 0. The van der Waals surface area contributed by atoms with Crippen molar-refractivity contribution in [3.63, 3.8) is 0 Å². The lowest BCUT2D eigenvalue weighted by Gasteiger charge is -2.17. The van der Waals surface area contributed by atoms with Crippen LogP contribution in [-0.4, -0.2) is 30.0 Å². The summed E-state index contributed by atoms with van der Waals surface area (Å²) in [6, 6.07) is 18.8. The number of aryl methyl sites for hydroxylation is 1. The number of nitro benzene ring substituents is 1. The molecule has 1 aliphatic rings. The van der Waals surface area contributed by atoms with Crippen LogP contribution in [0.2, 0.25) is 0 Å². The summed E-state index contributed by atoms with van der Waals surface area (Å²) in [5.41, 5.74) is 3.79. The Morgan fingerprint density at radius 1 is 0.943 bits per heavy atom. The van der Waals surface area contributed by atoms with Gasteiger partial charge in [-0.15, -0.1) is 0 Å². The van der Waals surface area contributed by atoms with E-state index in [9.17, 15) is 19.7 Å². The molecule has 180 valence electrons. The zero-order chi connectivity index (χ0) is 24.8. The minimum atomic E-state index is -0.443. The molecule has 4 rings (SSSR count). The molecule has 3 amide bonds. The molecular weight excluding hydrogens is 446 g/mol. The summed E-state index contributed by atoms with van der Waals surface area (Å²) < 4.78 is 0. The highest BCUT2D eigenvalue weighted by atomic mass is 16.6. The van der Waals surface area contributed by atoms with Gasteiger partial charge in [-0.1, -0.05) is 24.3 Å². The maximum atomic E-state index is 12.7. The van der Waals surface area contributed by atoms with Gasteiger partial charge in [-0.2, -0.15) is 0 Å². The number of hydrogen-bond donors (Lipinski definition) is 3. The molecule has 0 unspecified atom stereocenters. The van der Waals surface area contributed by atoms with E-state index < -0.39 is 10.8 Å². The summed E-state index contributed by atoms with van der Waals surface area (Å²) in [6.07, 6.45) is 2.00. The lowest BCUT2D eigenvalue weighted by Crippen LogP contribution is -2.24. The third-order valence-corrected chi connectivity index (χ3v) is 5.79. The number of benzene rings is 3. The molecule has 1 fully saturated rings. The number of carbonyl (C=O) groups is 2. The van der Waals surface area contributed by atoms with E-state index in [4.69, 9.17) is 0 Å². The van der Waals surface area contributed by atoms with Crippen LogP contribution >= 0.6 is 0 Å². The summed E-state index contributed by atoms with van der Waals surface area (Å²) in [7, 11) is 0. The standard InChI is InChI=1S/C26H27N5O4/c1-18-6-4-8-21(14-18)28-26(33)29-22-9-5-7-19(15-22)17-27-25(32)20-10-11-23(24(16-20)31(34)35)30-12-2-3-13-30/h4-11,14-16H,2-3,12-13,17H2,1H3,(H,27,32)(H2,28,29,33). The van der Waals surface area contributed by atoms with Gasteiger partial charge in [0, 0.05) is 42.6 Å². The molecule has 0 radical (unpaired) electrons. The zero-order valence-electron chi connectivity index (χ0n) is 19.4. The second-order valence-electron chi connectivity index (χ2n) is 8.49. The fraction of sp³-hybridized carbons (Fsp3) is 0.231. The Bertz CT molecular complexity index is 1250. The second-order valence-corrected chi connectivity index (χ2v) is 8.49. The van der Waals surface area contributed by atoms with E-state index in [1.54, 1.807) is 36.4 Å². The van der Waals surface area contributed by atoms with Crippen molar-refractivity contribution in [2.45, 2.75) is 26.3 Å². The summed E-state index contributed by atoms with van der Waals surface area (Å²) in [5.74, 6) is -0.406. The molecule has 0 saturated carbocycles. The first-order valence-corrected chi connectivity index (χ1v) is 11.4. The van der Waals surface area contributed by atoms with E-state index in [2.05, 4.69) is 16.0 Å². The van der Waals surface area contributed by atoms with Gasteiger partial charge in [0.15, 0.2) is 0 Å². The monoisotopic (exact) mass is 473 g/mol. The summed E-state index contributed by atoms with van der Waals surface area (Å²) in [6.45, 7) is 3.70. The number of nitrogens with zero attached hydrogens (tertiary/aromatic N) is 2. The van der Waals surface area contributed by atoms with Crippen LogP contribution in [0.25, 0.3) is 0 Å². The maximum Gasteiger partial charge on any atom is 0.323 e. The molecule has 1 heterocycles. The smallest absolute Gasteiger partial charge is 0.323 e. The Labute approximate surface area is 203 Å². The quantitative estimate of drug-likeness (QED) is 0.327. The predicted octanol–water partition coefficient (Wildman–Crippen LogP) is 5.08. The van der Waals surface area contributed by atoms with Gasteiger partial charge in [0.05, 0.1) is 4.92 Å². The first-order valence-electron chi connectivity index (χ1n) is 11.4. The summed E-state index contributed by atoms with van der Waals surface area (Å²) in [5, 5.41) is 20.0. The Balaban J connectivity index is 1.37. The van der Waals surface area contributed by atoms with Gasteiger partial charge in [-0.05, 0) is 67.3 Å². The number of nitro groups is 1. The second kappa shape index (κ2) is 10.7. The molecule has 3 N–H and O–H groups in total. The molecular formula is C26H27N5O4. The molecule has 3 aromatic rings. The van der Waals surface area contributed by atoms with E-state index in [-0.39, 0.29) is 23.8 Å². The summed E-state index contributed by atoms with van der Waals surface area (Å²) in [4.78, 5) is 38.1. The molecule has 9 heteroatoms. The van der Waals surface area contributed by atoms with Crippen molar-refractivity contribution >= 4 is 34.7 Å². The van der Waals surface area contributed by atoms with Crippen LogP contribution < -0.4 is 20.9 Å². The lowest BCUT2D eigenvalue weighted by atomic mass is 10.1. The van der Waals surface area contributed by atoms with E-state index in [1.165, 1.54) is 6.07 Å². The third-order valence-electron chi connectivity index (χ3n) is 5.79. The first kappa shape index (κ1) is 23.7. The minimum absolute atomic E-state index is 0.0645. The molecule has 0 atom stereocenters. The van der Waals surface area contributed by atoms with Crippen LogP contribution in [-0.2, 0) is 6.54 Å². The molecule has 0 aromatic heterocycles. The van der Waals surface area contributed by atoms with E-state index in [0.29, 0.717) is 17.1 Å². The Hall–Kier alpha value is -4.40. The number of urea groups is 1. The topological polar surface area (TPSA) is 117 Å². The van der Waals surface area contributed by atoms with Crippen LogP contribution in [0.3, 0.4) is 0 Å². The highest BCUT2D eigenvalue weighted by Crippen LogP contribution is 2.31. The van der Waals surface area contributed by atoms with Crippen molar-refractivity contribution in [3.05, 3.63) is 93.5 Å². The van der Waals surface area contributed by atoms with Gasteiger partial charge < -0.3 is 20.9 Å². The van der Waals surface area contributed by atoms with Gasteiger partial charge in [0.1, 0.15) is 5.69 Å². The van der Waals surface area contributed by atoms with Crippen molar-refractivity contribution in [2.24, 2.45) is 0 Å². The molecule has 9 nitrogen and oxygen atoms in total. The van der Waals surface area contributed by atoms with Gasteiger partial charge in [0.2, 0.25) is 0 Å². The van der Waals surface area contributed by atoms with Gasteiger partial charge in [-0.25, -0.2) is 4.79 Å². The number of amides is 3. The van der Waals surface area contributed by atoms with Crippen molar-refractivity contribution in [2.75, 3.05) is 28.6 Å². The first-order chi connectivity index (χ1) is 16.9. The molecule has 0 bridgehead atoms. The zero-order valence-corrected chi connectivity index (χ0v) is 19.4. The SMILES string of the molecule is Cc1cccc(NC(=O)Nc2cccc(CNC(=O)c3ccc(N4CCCC4)c([N+](=O)[O-])c3)c2)c1. The maximum absolute atomic E-state index is 12.7. The highest BCUT2D eigenvalue weighted by molar-refractivity contribution is 6.00. The van der Waals surface area contributed by atoms with Crippen molar-refractivity contribution in [1.82, 2.24) is 5.32 Å². The minimum Gasteiger partial charge on any atom is -0.366 e. The Kier molecular flexibility index (Phi) is 7.25. The van der Waals surface area contributed by atoms with Gasteiger partial charge in [-0.3, -0.25) is 14.9 Å². The largest absolute Gasteiger partial charge is 0.366 e. The molecule has 1 aliphatic heterocycles. The average Bonchev–Trinajstić information content (AvgIpc) is 3.37. The molecule has 35 heavy (non-hydrogen) atoms. The Morgan fingerprint density at radius 2 is 1.63 bits per heavy atom. The van der Waals surface area contributed by atoms with Crippen LogP contribution in [0.1, 0.15) is 34.3 Å². The van der Waals surface area contributed by atoms with E-state index in [1.807, 2.05) is 36.1 Å². The van der Waals surface area contributed by atoms with Gasteiger partial charge in [0.25, 0.3) is 11.6 Å². The van der Waals surface area contributed by atoms with Crippen molar-refractivity contribution in [3.8, 4) is 0 Å². The number of rotatable bonds is 7. The van der Waals surface area contributed by atoms with Gasteiger partial charge >= 0.3 is 6.03 Å². The molecule has 1 saturated heterocycles.